The fraction of sp³-hybridized carbons (Fsp3) is 0.222. The van der Waals surface area contributed by atoms with E-state index in [1.54, 1.807) is 6.92 Å². The molecule has 0 saturated heterocycles. The third-order valence-electron chi connectivity index (χ3n) is 1.96. The number of esters is 1. The summed E-state index contributed by atoms with van der Waals surface area (Å²) in [5.74, 6) is -1.22. The smallest absolute Gasteiger partial charge is 0.375 e. The number of nitrogens with zero attached hydrogens (tertiary/aromatic N) is 2. The van der Waals surface area contributed by atoms with Crippen LogP contribution in [0.1, 0.15) is 6.92 Å². The van der Waals surface area contributed by atoms with Gasteiger partial charge < -0.3 is 4.74 Å². The lowest BCUT2D eigenvalue weighted by atomic mass is 10.4. The molecule has 1 aliphatic heterocycles. The minimum Gasteiger partial charge on any atom is -0.460 e. The van der Waals surface area contributed by atoms with E-state index in [1.807, 2.05) is 4.72 Å². The summed E-state index contributed by atoms with van der Waals surface area (Å²) in [6.07, 6.45) is 1.39. The van der Waals surface area contributed by atoms with Crippen molar-refractivity contribution in [3.8, 4) is 0 Å². The van der Waals surface area contributed by atoms with Gasteiger partial charge in [0, 0.05) is 6.20 Å². The van der Waals surface area contributed by atoms with Crippen molar-refractivity contribution >= 4 is 27.6 Å². The van der Waals surface area contributed by atoms with Crippen LogP contribution in [0, 0.1) is 0 Å². The van der Waals surface area contributed by atoms with E-state index in [-0.39, 0.29) is 23.2 Å². The Morgan fingerprint density at radius 2 is 2.29 bits per heavy atom. The number of aliphatic imine (C=N–C) groups is 1. The number of sulfonamides is 1. The third kappa shape index (κ3) is 2.11. The normalized spacial score (nSPS) is 16.4. The number of aromatic nitrogens is 1. The molecule has 0 radical (unpaired) electrons. The molecule has 1 aromatic heterocycles. The Hall–Kier alpha value is -1.96. The summed E-state index contributed by atoms with van der Waals surface area (Å²) in [6, 6.07) is 2.83. The molecule has 0 fully saturated rings. The quantitative estimate of drug-likeness (QED) is 0.748. The molecule has 2 heterocycles. The van der Waals surface area contributed by atoms with Crippen LogP contribution >= 0.6 is 0 Å². The Labute approximate surface area is 97.6 Å². The molecule has 90 valence electrons. The molecule has 1 aromatic rings. The minimum atomic E-state index is -3.80. The highest BCUT2D eigenvalue weighted by molar-refractivity contribution is 7.90. The molecule has 0 atom stereocenters. The second kappa shape index (κ2) is 4.13. The molecule has 0 aliphatic carbocycles. The Kier molecular flexibility index (Phi) is 2.80. The second-order valence-corrected chi connectivity index (χ2v) is 4.76. The monoisotopic (exact) mass is 255 g/mol. The Morgan fingerprint density at radius 3 is 3.00 bits per heavy atom. The number of pyridine rings is 1. The third-order valence-corrected chi connectivity index (χ3v) is 3.32. The van der Waals surface area contributed by atoms with Gasteiger partial charge in [-0.2, -0.15) is 0 Å². The van der Waals surface area contributed by atoms with Gasteiger partial charge in [0.1, 0.15) is 4.90 Å². The van der Waals surface area contributed by atoms with Crippen LogP contribution < -0.4 is 4.72 Å². The summed E-state index contributed by atoms with van der Waals surface area (Å²) in [7, 11) is -3.80. The number of amidine groups is 1. The van der Waals surface area contributed by atoms with Crippen molar-refractivity contribution in [3.63, 3.8) is 0 Å². The van der Waals surface area contributed by atoms with E-state index in [0.29, 0.717) is 0 Å². The molecule has 0 unspecified atom stereocenters. The first-order valence-electron chi connectivity index (χ1n) is 4.78. The Balaban J connectivity index is 2.49. The van der Waals surface area contributed by atoms with E-state index >= 15 is 0 Å². The molecule has 0 aromatic carbocycles. The molecule has 0 spiro atoms. The predicted molar refractivity (Wildman–Crippen MR) is 58.3 cm³/mol. The zero-order chi connectivity index (χ0) is 12.5. The van der Waals surface area contributed by atoms with Crippen LogP contribution in [-0.4, -0.2) is 31.8 Å². The maximum Gasteiger partial charge on any atom is 0.375 e. The minimum absolute atomic E-state index is 0.0192. The van der Waals surface area contributed by atoms with Crippen LogP contribution in [0.15, 0.2) is 28.2 Å². The molecule has 0 saturated carbocycles. The lowest BCUT2D eigenvalue weighted by molar-refractivity contribution is -0.135. The average molecular weight is 255 g/mol. The van der Waals surface area contributed by atoms with Gasteiger partial charge in [-0.1, -0.05) is 0 Å². The van der Waals surface area contributed by atoms with Crippen molar-refractivity contribution in [1.29, 1.82) is 0 Å². The molecule has 2 rings (SSSR count). The van der Waals surface area contributed by atoms with Crippen LogP contribution in [0.25, 0.3) is 0 Å². The number of nitrogens with one attached hydrogen (secondary N) is 1. The fourth-order valence-electron chi connectivity index (χ4n) is 1.27. The van der Waals surface area contributed by atoms with Gasteiger partial charge in [0.15, 0.2) is 5.82 Å². The first-order chi connectivity index (χ1) is 8.04. The van der Waals surface area contributed by atoms with Crippen LogP contribution in [0.2, 0.25) is 0 Å². The van der Waals surface area contributed by atoms with Crippen LogP contribution in [0.5, 0.6) is 0 Å². The number of ether oxygens (including phenoxy) is 1. The number of hydrogen-bond donors (Lipinski definition) is 1. The molecular formula is C9H9N3O4S. The van der Waals surface area contributed by atoms with E-state index in [9.17, 15) is 13.2 Å². The van der Waals surface area contributed by atoms with Gasteiger partial charge in [-0.25, -0.2) is 23.2 Å². The number of carbonyl (C=O) groups excluding carboxylic acids is 1. The Morgan fingerprint density at radius 1 is 1.53 bits per heavy atom. The first kappa shape index (κ1) is 11.5. The lowest BCUT2D eigenvalue weighted by Crippen LogP contribution is -2.39. The molecule has 17 heavy (non-hydrogen) atoms. The van der Waals surface area contributed by atoms with E-state index in [0.717, 1.165) is 0 Å². The first-order valence-corrected chi connectivity index (χ1v) is 6.26. The zero-order valence-corrected chi connectivity index (χ0v) is 9.69. The lowest BCUT2D eigenvalue weighted by Gasteiger charge is -2.15. The molecule has 0 bridgehead atoms. The second-order valence-electron chi connectivity index (χ2n) is 3.11. The summed E-state index contributed by atoms with van der Waals surface area (Å²) in [6.45, 7) is 1.75. The van der Waals surface area contributed by atoms with Crippen molar-refractivity contribution in [2.75, 3.05) is 6.61 Å². The van der Waals surface area contributed by atoms with Crippen LogP contribution in [-0.2, 0) is 19.6 Å². The summed E-state index contributed by atoms with van der Waals surface area (Å²) < 4.78 is 30.2. The summed E-state index contributed by atoms with van der Waals surface area (Å²) in [5.41, 5.74) is 0. The maximum absolute atomic E-state index is 11.8. The largest absolute Gasteiger partial charge is 0.460 e. The average Bonchev–Trinajstić information content (AvgIpc) is 2.28. The standard InChI is InChI=1S/C9H9N3O4S/c1-2-16-9(13)8-11-7-6(4-3-5-10-7)17(14,15)12-8/h3-5H,2H2,1H3,(H,10,11,12). The molecular weight excluding hydrogens is 246 g/mol. The van der Waals surface area contributed by atoms with Gasteiger partial charge in [-0.3, -0.25) is 4.72 Å². The molecule has 1 aliphatic rings. The van der Waals surface area contributed by atoms with Crippen molar-refractivity contribution in [3.05, 3.63) is 18.3 Å². The number of rotatable bonds is 2. The Bertz CT molecular complexity index is 594. The van der Waals surface area contributed by atoms with Crippen molar-refractivity contribution in [2.45, 2.75) is 11.8 Å². The van der Waals surface area contributed by atoms with E-state index in [4.69, 9.17) is 0 Å². The zero-order valence-electron chi connectivity index (χ0n) is 8.87. The van der Waals surface area contributed by atoms with E-state index < -0.39 is 16.0 Å². The molecule has 8 heteroatoms. The maximum atomic E-state index is 11.8. The molecule has 7 nitrogen and oxygen atoms in total. The summed E-state index contributed by atoms with van der Waals surface area (Å²) >= 11 is 0. The highest BCUT2D eigenvalue weighted by Gasteiger charge is 2.29. The van der Waals surface area contributed by atoms with Crippen molar-refractivity contribution in [2.24, 2.45) is 4.99 Å². The van der Waals surface area contributed by atoms with Gasteiger partial charge in [-0.15, -0.1) is 0 Å². The summed E-state index contributed by atoms with van der Waals surface area (Å²) in [4.78, 5) is 18.9. The van der Waals surface area contributed by atoms with Gasteiger partial charge in [0.05, 0.1) is 6.61 Å². The van der Waals surface area contributed by atoms with Gasteiger partial charge >= 0.3 is 5.97 Å². The van der Waals surface area contributed by atoms with Gasteiger partial charge in [-0.05, 0) is 19.1 Å². The summed E-state index contributed by atoms with van der Waals surface area (Å²) in [5, 5.41) is 0. The highest BCUT2D eigenvalue weighted by Crippen LogP contribution is 2.24. The van der Waals surface area contributed by atoms with E-state index in [2.05, 4.69) is 14.7 Å². The number of fused-ring (bicyclic) bond motifs is 1. The highest BCUT2D eigenvalue weighted by atomic mass is 32.2. The molecule has 0 amide bonds. The van der Waals surface area contributed by atoms with Gasteiger partial charge in [0.2, 0.25) is 5.84 Å². The van der Waals surface area contributed by atoms with Crippen molar-refractivity contribution in [1.82, 2.24) is 9.71 Å². The number of carbonyl (C=O) groups is 1. The number of hydrogen-bond acceptors (Lipinski definition) is 6. The molecule has 1 N–H and O–H groups in total. The fourth-order valence-corrected chi connectivity index (χ4v) is 2.36. The van der Waals surface area contributed by atoms with Crippen LogP contribution in [0.4, 0.5) is 5.82 Å². The van der Waals surface area contributed by atoms with Crippen LogP contribution in [0.3, 0.4) is 0 Å². The van der Waals surface area contributed by atoms with E-state index in [1.165, 1.54) is 18.3 Å². The topological polar surface area (TPSA) is 97.7 Å². The predicted octanol–water partition coefficient (Wildman–Crippen LogP) is -0.0334. The SMILES string of the molecule is CCOC(=O)C1=Nc2ncccc2S(=O)(=O)N1. The van der Waals surface area contributed by atoms with Gasteiger partial charge in [0.25, 0.3) is 10.0 Å². The van der Waals surface area contributed by atoms with Crippen molar-refractivity contribution < 1.29 is 17.9 Å².